The Hall–Kier alpha value is -1.88. The highest BCUT2D eigenvalue weighted by atomic mass is 32.1. The number of carboxylic acids is 1. The van der Waals surface area contributed by atoms with Crippen molar-refractivity contribution in [2.24, 2.45) is 0 Å². The Bertz CT molecular complexity index is 594. The summed E-state index contributed by atoms with van der Waals surface area (Å²) in [6.07, 6.45) is 0. The van der Waals surface area contributed by atoms with E-state index in [1.807, 2.05) is 37.2 Å². The van der Waals surface area contributed by atoms with E-state index in [4.69, 9.17) is 0 Å². The third kappa shape index (κ3) is 3.36. The molecule has 0 atom stereocenters. The van der Waals surface area contributed by atoms with E-state index in [-0.39, 0.29) is 11.5 Å². The third-order valence-electron chi connectivity index (χ3n) is 3.03. The minimum Gasteiger partial charge on any atom is -0.478 e. The summed E-state index contributed by atoms with van der Waals surface area (Å²) in [5.74, 6) is -0.0229. The van der Waals surface area contributed by atoms with Gasteiger partial charge in [-0.1, -0.05) is 19.9 Å². The molecule has 0 aliphatic carbocycles. The van der Waals surface area contributed by atoms with Gasteiger partial charge in [0.05, 0.1) is 12.1 Å². The van der Waals surface area contributed by atoms with E-state index in [2.05, 4.69) is 11.1 Å². The van der Waals surface area contributed by atoms with Crippen LogP contribution in [0.5, 0.6) is 0 Å². The normalized spacial score (nSPS) is 10.8. The van der Waals surface area contributed by atoms with Crippen LogP contribution >= 0.6 is 11.3 Å². The summed E-state index contributed by atoms with van der Waals surface area (Å²) in [6, 6.07) is 7.34. The molecule has 20 heavy (non-hydrogen) atoms. The highest BCUT2D eigenvalue weighted by Crippen LogP contribution is 2.22. The van der Waals surface area contributed by atoms with Crippen LogP contribution in [0.25, 0.3) is 0 Å². The molecule has 0 saturated carbocycles. The topological polar surface area (TPSA) is 53.4 Å². The van der Waals surface area contributed by atoms with Crippen molar-refractivity contribution < 1.29 is 9.90 Å². The Labute approximate surface area is 122 Å². The molecular weight excluding hydrogens is 272 g/mol. The zero-order valence-electron chi connectivity index (χ0n) is 11.8. The van der Waals surface area contributed by atoms with E-state index in [9.17, 15) is 9.90 Å². The molecule has 0 aromatic carbocycles. The van der Waals surface area contributed by atoms with Gasteiger partial charge in [-0.3, -0.25) is 0 Å². The molecule has 2 aromatic rings. The van der Waals surface area contributed by atoms with Crippen LogP contribution in [0.4, 0.5) is 5.82 Å². The number of rotatable bonds is 5. The first-order valence-electron chi connectivity index (χ1n) is 6.46. The average Bonchev–Trinajstić information content (AvgIpc) is 2.90. The third-order valence-corrected chi connectivity index (χ3v) is 3.90. The number of thiophene rings is 1. The molecule has 0 saturated heterocycles. The molecule has 2 aromatic heterocycles. The zero-order chi connectivity index (χ0) is 14.7. The van der Waals surface area contributed by atoms with Crippen molar-refractivity contribution in [3.63, 3.8) is 0 Å². The summed E-state index contributed by atoms with van der Waals surface area (Å²) in [4.78, 5) is 19.0. The molecule has 0 fully saturated rings. The second-order valence-corrected chi connectivity index (χ2v) is 6.07. The van der Waals surface area contributed by atoms with Crippen molar-refractivity contribution in [2.45, 2.75) is 26.3 Å². The standard InChI is InChI=1S/C15H18N2O2S/c1-10(2)13-7-11(15(18)19)8-14(16-13)17(3)9-12-5-4-6-20-12/h4-8,10H,9H2,1-3H3,(H,18,19). The fourth-order valence-corrected chi connectivity index (χ4v) is 2.63. The Morgan fingerprint density at radius 2 is 2.20 bits per heavy atom. The fraction of sp³-hybridized carbons (Fsp3) is 0.333. The fourth-order valence-electron chi connectivity index (χ4n) is 1.87. The number of aromatic nitrogens is 1. The maximum Gasteiger partial charge on any atom is 0.335 e. The maximum absolute atomic E-state index is 11.2. The van der Waals surface area contributed by atoms with Gasteiger partial charge in [-0.15, -0.1) is 11.3 Å². The van der Waals surface area contributed by atoms with E-state index >= 15 is 0 Å². The molecule has 1 N–H and O–H groups in total. The molecular formula is C15H18N2O2S. The highest BCUT2D eigenvalue weighted by Gasteiger charge is 2.13. The van der Waals surface area contributed by atoms with Gasteiger partial charge in [0.1, 0.15) is 5.82 Å². The summed E-state index contributed by atoms with van der Waals surface area (Å²) in [7, 11) is 1.93. The number of nitrogens with zero attached hydrogens (tertiary/aromatic N) is 2. The summed E-state index contributed by atoms with van der Waals surface area (Å²) >= 11 is 1.68. The van der Waals surface area contributed by atoms with Gasteiger partial charge in [0, 0.05) is 17.6 Å². The Kier molecular flexibility index (Phi) is 4.39. The minimum absolute atomic E-state index is 0.197. The second-order valence-electron chi connectivity index (χ2n) is 5.03. The van der Waals surface area contributed by atoms with Crippen LogP contribution in [0.3, 0.4) is 0 Å². The van der Waals surface area contributed by atoms with Crippen molar-refractivity contribution in [2.75, 3.05) is 11.9 Å². The van der Waals surface area contributed by atoms with Gasteiger partial charge in [0.25, 0.3) is 0 Å². The van der Waals surface area contributed by atoms with E-state index in [1.54, 1.807) is 23.5 Å². The smallest absolute Gasteiger partial charge is 0.335 e. The molecule has 4 nitrogen and oxygen atoms in total. The van der Waals surface area contributed by atoms with Crippen LogP contribution in [0.1, 0.15) is 40.7 Å². The van der Waals surface area contributed by atoms with Crippen LogP contribution in [0.2, 0.25) is 0 Å². The summed E-state index contributed by atoms with van der Waals surface area (Å²) in [5, 5.41) is 11.2. The molecule has 0 aliphatic heterocycles. The number of hydrogen-bond donors (Lipinski definition) is 1. The second kappa shape index (κ2) is 6.05. The first-order valence-corrected chi connectivity index (χ1v) is 7.34. The number of aromatic carboxylic acids is 1. The molecule has 0 spiro atoms. The molecule has 0 aliphatic rings. The van der Waals surface area contributed by atoms with Gasteiger partial charge < -0.3 is 10.0 Å². The molecule has 2 rings (SSSR count). The maximum atomic E-state index is 11.2. The summed E-state index contributed by atoms with van der Waals surface area (Å²) in [6.45, 7) is 4.75. The predicted octanol–water partition coefficient (Wildman–Crippen LogP) is 3.60. The first-order chi connectivity index (χ1) is 9.47. The van der Waals surface area contributed by atoms with Crippen LogP contribution in [0.15, 0.2) is 29.6 Å². The van der Waals surface area contributed by atoms with Crippen LogP contribution in [0, 0.1) is 0 Å². The lowest BCUT2D eigenvalue weighted by molar-refractivity contribution is 0.0696. The van der Waals surface area contributed by atoms with Gasteiger partial charge in [0.15, 0.2) is 0 Å². The van der Waals surface area contributed by atoms with Gasteiger partial charge in [-0.25, -0.2) is 9.78 Å². The lowest BCUT2D eigenvalue weighted by atomic mass is 10.1. The van der Waals surface area contributed by atoms with Crippen molar-refractivity contribution in [3.05, 3.63) is 45.8 Å². The average molecular weight is 290 g/mol. The Morgan fingerprint density at radius 1 is 1.45 bits per heavy atom. The molecule has 0 unspecified atom stereocenters. The first kappa shape index (κ1) is 14.5. The Morgan fingerprint density at radius 3 is 2.75 bits per heavy atom. The van der Waals surface area contributed by atoms with Crippen molar-refractivity contribution in [3.8, 4) is 0 Å². The van der Waals surface area contributed by atoms with Crippen molar-refractivity contribution in [1.82, 2.24) is 4.98 Å². The van der Waals surface area contributed by atoms with Crippen LogP contribution in [-0.4, -0.2) is 23.1 Å². The number of carboxylic acid groups (broad SMARTS) is 1. The number of pyridine rings is 1. The molecule has 0 radical (unpaired) electrons. The molecule has 0 amide bonds. The van der Waals surface area contributed by atoms with Crippen LogP contribution < -0.4 is 4.90 Å². The molecule has 2 heterocycles. The summed E-state index contributed by atoms with van der Waals surface area (Å²) < 4.78 is 0. The van der Waals surface area contributed by atoms with Crippen molar-refractivity contribution >= 4 is 23.1 Å². The van der Waals surface area contributed by atoms with E-state index < -0.39 is 5.97 Å². The van der Waals surface area contributed by atoms with Gasteiger partial charge in [0.2, 0.25) is 0 Å². The lowest BCUT2D eigenvalue weighted by Crippen LogP contribution is -2.18. The summed E-state index contributed by atoms with van der Waals surface area (Å²) in [5.41, 5.74) is 1.09. The molecule has 0 bridgehead atoms. The van der Waals surface area contributed by atoms with E-state index in [0.29, 0.717) is 5.82 Å². The monoisotopic (exact) mass is 290 g/mol. The number of carbonyl (C=O) groups is 1. The van der Waals surface area contributed by atoms with Gasteiger partial charge >= 0.3 is 5.97 Å². The quantitative estimate of drug-likeness (QED) is 0.914. The number of hydrogen-bond acceptors (Lipinski definition) is 4. The number of anilines is 1. The minimum atomic E-state index is -0.917. The van der Waals surface area contributed by atoms with E-state index in [1.165, 1.54) is 4.88 Å². The largest absolute Gasteiger partial charge is 0.478 e. The predicted molar refractivity (Wildman–Crippen MR) is 81.7 cm³/mol. The molecule has 106 valence electrons. The van der Waals surface area contributed by atoms with Crippen molar-refractivity contribution in [1.29, 1.82) is 0 Å². The van der Waals surface area contributed by atoms with E-state index in [0.717, 1.165) is 12.2 Å². The van der Waals surface area contributed by atoms with Crippen LogP contribution in [-0.2, 0) is 6.54 Å². The highest BCUT2D eigenvalue weighted by molar-refractivity contribution is 7.09. The van der Waals surface area contributed by atoms with Gasteiger partial charge in [-0.05, 0) is 29.5 Å². The SMILES string of the molecule is CC(C)c1cc(C(=O)O)cc(N(C)Cc2cccs2)n1. The molecule has 5 heteroatoms. The Balaban J connectivity index is 2.32. The lowest BCUT2D eigenvalue weighted by Gasteiger charge is -2.19. The zero-order valence-corrected chi connectivity index (χ0v) is 12.6. The van der Waals surface area contributed by atoms with Gasteiger partial charge in [-0.2, -0.15) is 0 Å².